The molecule has 1 aliphatic carbocycles. The molecule has 1 spiro atoms. The summed E-state index contributed by atoms with van der Waals surface area (Å²) in [6.07, 6.45) is 6.64. The summed E-state index contributed by atoms with van der Waals surface area (Å²) in [4.78, 5) is 77.7. The number of rotatable bonds is 12. The second-order valence-corrected chi connectivity index (χ2v) is 20.9. The molecule has 368 valence electrons. The molecule has 11 rings (SSSR count). The zero-order valence-corrected chi connectivity index (χ0v) is 41.0. The van der Waals surface area contributed by atoms with E-state index in [0.717, 1.165) is 94.3 Å². The van der Waals surface area contributed by atoms with Crippen LogP contribution in [0.3, 0.4) is 0 Å². The van der Waals surface area contributed by atoms with E-state index >= 15 is 0 Å². The summed E-state index contributed by atoms with van der Waals surface area (Å²) in [5.41, 5.74) is 7.72. The van der Waals surface area contributed by atoms with Crippen molar-refractivity contribution >= 4 is 78.7 Å². The van der Waals surface area contributed by atoms with Gasteiger partial charge in [-0.1, -0.05) is 47.7 Å². The van der Waals surface area contributed by atoms with E-state index in [4.69, 9.17) is 9.72 Å². The van der Waals surface area contributed by atoms with Crippen LogP contribution in [0.15, 0.2) is 91.0 Å². The average Bonchev–Trinajstić information content (AvgIpc) is 4.08. The molecule has 7 aromatic rings. The van der Waals surface area contributed by atoms with E-state index in [1.54, 1.807) is 4.68 Å². The quantitative estimate of drug-likeness (QED) is 0.0853. The highest BCUT2D eigenvalue weighted by atomic mass is 32.1. The number of carboxylic acids is 1. The number of thiazole rings is 1. The van der Waals surface area contributed by atoms with E-state index in [0.29, 0.717) is 78.5 Å². The Morgan fingerprint density at radius 3 is 2.54 bits per heavy atom. The molecule has 4 N–H and O–H groups in total. The highest BCUT2D eigenvalue weighted by molar-refractivity contribution is 7.22. The maximum atomic E-state index is 13.7. The number of para-hydroxylation sites is 1. The van der Waals surface area contributed by atoms with Crippen molar-refractivity contribution < 1.29 is 33.8 Å². The lowest BCUT2D eigenvalue weighted by molar-refractivity contribution is -0.134. The van der Waals surface area contributed by atoms with Gasteiger partial charge in [0.05, 0.1) is 40.5 Å². The number of nitrogens with zero attached hydrogens (tertiary/aromatic N) is 6. The first kappa shape index (κ1) is 46.9. The number of piperidine rings is 2. The second-order valence-electron chi connectivity index (χ2n) is 19.8. The number of carboxylic acid groups (broad SMARTS) is 1. The number of hydrogen-bond acceptors (Lipinski definition) is 12. The first-order valence-corrected chi connectivity index (χ1v) is 25.5. The molecule has 4 amide bonds. The second kappa shape index (κ2) is 19.3. The van der Waals surface area contributed by atoms with Crippen LogP contribution in [0.25, 0.3) is 32.2 Å². The third kappa shape index (κ3) is 9.29. The first-order valence-electron chi connectivity index (χ1n) is 24.7. The van der Waals surface area contributed by atoms with Crippen molar-refractivity contribution in [2.75, 3.05) is 48.3 Å². The Balaban J connectivity index is 0.690. The molecule has 2 atom stereocenters. The molecule has 16 nitrogen and oxygen atoms in total. The van der Waals surface area contributed by atoms with Gasteiger partial charge in [0.25, 0.3) is 5.91 Å². The average molecular weight is 986 g/mol. The fraction of sp³-hybridized carbons (Fsp3) is 0.345. The number of pyridine rings is 1. The molecule has 3 aliphatic heterocycles. The van der Waals surface area contributed by atoms with E-state index in [1.807, 2.05) is 110 Å². The van der Waals surface area contributed by atoms with Crippen molar-refractivity contribution in [2.45, 2.75) is 70.8 Å². The van der Waals surface area contributed by atoms with Crippen molar-refractivity contribution in [3.8, 4) is 16.9 Å². The molecule has 0 unspecified atom stereocenters. The summed E-state index contributed by atoms with van der Waals surface area (Å²) in [6.45, 7) is 5.52. The summed E-state index contributed by atoms with van der Waals surface area (Å²) >= 11 is 1.43. The number of likely N-dealkylation sites (tertiary alicyclic amines) is 1. The Bertz CT molecular complexity index is 3290. The van der Waals surface area contributed by atoms with Gasteiger partial charge in [0.1, 0.15) is 11.6 Å². The first-order chi connectivity index (χ1) is 34.9. The van der Waals surface area contributed by atoms with Gasteiger partial charge < -0.3 is 20.1 Å². The Kier molecular flexibility index (Phi) is 12.5. The topological polar surface area (TPSA) is 201 Å². The SMILES string of the molecule is Cc1c(OC[C@H]2CCC3(CCN(CC(=O)Nc4ccc5c([C@H]6CCC(=O)NC6=O)nn(C)c5c4)CC3)C2)cccc1-c1ccc(N2CCc3cccc(C(=O)Nc4nc5ccccc5s4)c3C2)nc1C(=O)O. The van der Waals surface area contributed by atoms with Crippen molar-refractivity contribution in [3.05, 3.63) is 125 Å². The molecular formula is C55H55N9O7S. The van der Waals surface area contributed by atoms with Gasteiger partial charge in [0.15, 0.2) is 10.8 Å². The Morgan fingerprint density at radius 2 is 1.72 bits per heavy atom. The Labute approximate surface area is 419 Å². The molecule has 3 aromatic heterocycles. The van der Waals surface area contributed by atoms with Crippen molar-refractivity contribution in [2.24, 2.45) is 18.4 Å². The highest BCUT2D eigenvalue weighted by Gasteiger charge is 2.42. The van der Waals surface area contributed by atoms with Crippen molar-refractivity contribution in [1.29, 1.82) is 0 Å². The standard InChI is InChI=1S/C55H55N9O7S/c1-32-36(37-15-17-46(58-50(37)53(69)70)64-24-20-34-7-5-9-38(41(34)29-64)51(67)60-54-57-42-10-3-4-12-45(42)72-54)8-6-11-44(32)71-31-33-19-21-55(28-33)22-25-63(26-23-55)30-48(66)56-35-13-14-39-43(27-35)62(2)61-49(39)40-16-18-47(65)59-52(40)68/h3-15,17,27,33,40H,16,18-26,28-31H2,1-2H3,(H,56,66)(H,69,70)(H,57,60,67)(H,59,65,68)/t33-,40+/m0/s1. The van der Waals surface area contributed by atoms with Gasteiger partial charge in [-0.25, -0.2) is 14.8 Å². The van der Waals surface area contributed by atoms with Gasteiger partial charge in [-0.2, -0.15) is 5.10 Å². The van der Waals surface area contributed by atoms with Crippen LogP contribution in [-0.2, 0) is 34.4 Å². The summed E-state index contributed by atoms with van der Waals surface area (Å²) < 4.78 is 9.25. The largest absolute Gasteiger partial charge is 0.493 e. The summed E-state index contributed by atoms with van der Waals surface area (Å²) in [6, 6.07) is 28.6. The lowest BCUT2D eigenvalue weighted by atomic mass is 9.76. The zero-order valence-electron chi connectivity index (χ0n) is 40.2. The fourth-order valence-corrected chi connectivity index (χ4v) is 12.3. The maximum Gasteiger partial charge on any atom is 0.355 e. The molecule has 17 heteroatoms. The Morgan fingerprint density at radius 1 is 0.889 bits per heavy atom. The molecular weight excluding hydrogens is 931 g/mol. The van der Waals surface area contributed by atoms with Crippen LogP contribution in [0.4, 0.5) is 16.6 Å². The van der Waals surface area contributed by atoms with E-state index in [1.165, 1.54) is 11.3 Å². The molecule has 6 heterocycles. The molecule has 72 heavy (non-hydrogen) atoms. The van der Waals surface area contributed by atoms with Crippen molar-refractivity contribution in [3.63, 3.8) is 0 Å². The monoisotopic (exact) mass is 985 g/mol. The van der Waals surface area contributed by atoms with Crippen molar-refractivity contribution in [1.82, 2.24) is 30.0 Å². The molecule has 4 aliphatic rings. The molecule has 1 saturated carbocycles. The summed E-state index contributed by atoms with van der Waals surface area (Å²) in [7, 11) is 1.81. The minimum absolute atomic E-state index is 0.0461. The zero-order chi connectivity index (χ0) is 49.7. The number of aromatic nitrogens is 4. The number of aryl methyl sites for hydroxylation is 1. The van der Waals surface area contributed by atoms with E-state index in [-0.39, 0.29) is 41.2 Å². The molecule has 2 saturated heterocycles. The van der Waals surface area contributed by atoms with Crippen LogP contribution in [0.1, 0.15) is 94.1 Å². The normalized spacial score (nSPS) is 18.8. The number of anilines is 3. The molecule has 0 radical (unpaired) electrons. The van der Waals surface area contributed by atoms with Gasteiger partial charge in [0, 0.05) is 48.8 Å². The molecule has 3 fully saturated rings. The lowest BCUT2D eigenvalue weighted by Crippen LogP contribution is -2.42. The third-order valence-electron chi connectivity index (χ3n) is 15.3. The predicted molar refractivity (Wildman–Crippen MR) is 276 cm³/mol. The van der Waals surface area contributed by atoms with Gasteiger partial charge >= 0.3 is 5.97 Å². The predicted octanol–water partition coefficient (Wildman–Crippen LogP) is 8.49. The number of fused-ring (bicyclic) bond motifs is 3. The minimum atomic E-state index is -1.13. The summed E-state index contributed by atoms with van der Waals surface area (Å²) in [5, 5.41) is 25.0. The Hall–Kier alpha value is -7.50. The number of amides is 4. The van der Waals surface area contributed by atoms with Crippen LogP contribution >= 0.6 is 11.3 Å². The number of nitrogens with one attached hydrogen (secondary N) is 3. The maximum absolute atomic E-state index is 13.7. The summed E-state index contributed by atoms with van der Waals surface area (Å²) in [5.74, 6) is -0.904. The van der Waals surface area contributed by atoms with Crippen LogP contribution < -0.4 is 25.6 Å². The number of imide groups is 1. The van der Waals surface area contributed by atoms with E-state index in [9.17, 15) is 29.1 Å². The lowest BCUT2D eigenvalue weighted by Gasteiger charge is -2.39. The van der Waals surface area contributed by atoms with E-state index < -0.39 is 11.9 Å². The number of carbonyl (C=O) groups excluding carboxylic acids is 4. The van der Waals surface area contributed by atoms with Gasteiger partial charge in [-0.05, 0) is 153 Å². The highest BCUT2D eigenvalue weighted by Crippen LogP contribution is 2.49. The third-order valence-corrected chi connectivity index (χ3v) is 16.3. The molecule has 0 bridgehead atoms. The van der Waals surface area contributed by atoms with Gasteiger partial charge in [-0.3, -0.25) is 39.4 Å². The fourth-order valence-electron chi connectivity index (χ4n) is 11.4. The van der Waals surface area contributed by atoms with Gasteiger partial charge in [0.2, 0.25) is 17.7 Å². The number of benzene rings is 4. The number of ether oxygens (including phenoxy) is 1. The van der Waals surface area contributed by atoms with Crippen LogP contribution in [0, 0.1) is 18.3 Å². The number of aromatic carboxylic acids is 1. The number of carbonyl (C=O) groups is 5. The number of hydrogen-bond donors (Lipinski definition) is 4. The molecule has 4 aromatic carbocycles. The van der Waals surface area contributed by atoms with E-state index in [2.05, 4.69) is 30.9 Å². The van der Waals surface area contributed by atoms with Crippen LogP contribution in [-0.4, -0.2) is 92.1 Å². The van der Waals surface area contributed by atoms with Gasteiger partial charge in [-0.15, -0.1) is 0 Å². The van der Waals surface area contributed by atoms with Crippen LogP contribution in [0.2, 0.25) is 0 Å². The van der Waals surface area contributed by atoms with Crippen LogP contribution in [0.5, 0.6) is 5.75 Å². The minimum Gasteiger partial charge on any atom is -0.493 e. The smallest absolute Gasteiger partial charge is 0.355 e.